The Morgan fingerprint density at radius 2 is 2.44 bits per heavy atom. The molecule has 5 nitrogen and oxygen atoms in total. The minimum Gasteiger partial charge on any atom is -0.468 e. The molecule has 1 rings (SSSR count). The standard InChI is InChI=1S/C11H22N2O3/c1-13(8-9-4-3-7-16-9)6-5-10(12)11(14)15-2/h9-10H,3-8,12H2,1-2H3. The van der Waals surface area contributed by atoms with Crippen LogP contribution in [0.1, 0.15) is 19.3 Å². The second-order valence-electron chi connectivity index (χ2n) is 4.32. The molecule has 0 amide bonds. The van der Waals surface area contributed by atoms with Gasteiger partial charge in [-0.25, -0.2) is 0 Å². The van der Waals surface area contributed by atoms with Gasteiger partial charge < -0.3 is 20.1 Å². The van der Waals surface area contributed by atoms with Gasteiger partial charge in [-0.2, -0.15) is 0 Å². The zero-order valence-corrected chi connectivity index (χ0v) is 10.1. The normalized spacial score (nSPS) is 22.4. The molecule has 0 aliphatic carbocycles. The zero-order chi connectivity index (χ0) is 12.0. The van der Waals surface area contributed by atoms with Gasteiger partial charge in [0.1, 0.15) is 6.04 Å². The van der Waals surface area contributed by atoms with Gasteiger partial charge in [0.15, 0.2) is 0 Å². The Morgan fingerprint density at radius 1 is 1.69 bits per heavy atom. The summed E-state index contributed by atoms with van der Waals surface area (Å²) in [6, 6.07) is -0.517. The molecule has 0 spiro atoms. The number of likely N-dealkylation sites (N-methyl/N-ethyl adjacent to an activating group) is 1. The molecule has 0 saturated carbocycles. The van der Waals surface area contributed by atoms with Gasteiger partial charge in [-0.3, -0.25) is 4.79 Å². The number of methoxy groups -OCH3 is 1. The fraction of sp³-hybridized carbons (Fsp3) is 0.909. The van der Waals surface area contributed by atoms with Crippen LogP contribution in [-0.2, 0) is 14.3 Å². The highest BCUT2D eigenvalue weighted by Crippen LogP contribution is 2.12. The number of nitrogens with zero attached hydrogens (tertiary/aromatic N) is 1. The van der Waals surface area contributed by atoms with Crippen LogP contribution in [0.15, 0.2) is 0 Å². The third-order valence-corrected chi connectivity index (χ3v) is 2.87. The maximum Gasteiger partial charge on any atom is 0.322 e. The van der Waals surface area contributed by atoms with Crippen molar-refractivity contribution < 1.29 is 14.3 Å². The highest BCUT2D eigenvalue weighted by molar-refractivity contribution is 5.75. The summed E-state index contributed by atoms with van der Waals surface area (Å²) in [5, 5.41) is 0. The SMILES string of the molecule is COC(=O)C(N)CCN(C)CC1CCCO1. The molecule has 2 atom stereocenters. The van der Waals surface area contributed by atoms with Crippen molar-refractivity contribution in [2.24, 2.45) is 5.73 Å². The summed E-state index contributed by atoms with van der Waals surface area (Å²) >= 11 is 0. The average Bonchev–Trinajstić information content (AvgIpc) is 2.77. The highest BCUT2D eigenvalue weighted by atomic mass is 16.5. The molecule has 2 unspecified atom stereocenters. The first-order valence-corrected chi connectivity index (χ1v) is 5.77. The molecule has 0 bridgehead atoms. The van der Waals surface area contributed by atoms with E-state index in [0.717, 1.165) is 32.5 Å². The fourth-order valence-electron chi connectivity index (χ4n) is 1.86. The molecular weight excluding hydrogens is 208 g/mol. The zero-order valence-electron chi connectivity index (χ0n) is 10.1. The first kappa shape index (κ1) is 13.4. The Morgan fingerprint density at radius 3 is 3.00 bits per heavy atom. The molecule has 1 fully saturated rings. The van der Waals surface area contributed by atoms with Gasteiger partial charge >= 0.3 is 5.97 Å². The van der Waals surface area contributed by atoms with E-state index >= 15 is 0 Å². The van der Waals surface area contributed by atoms with Crippen LogP contribution >= 0.6 is 0 Å². The number of hydrogen-bond donors (Lipinski definition) is 1. The fourth-order valence-corrected chi connectivity index (χ4v) is 1.86. The number of hydrogen-bond acceptors (Lipinski definition) is 5. The van der Waals surface area contributed by atoms with Crippen LogP contribution in [-0.4, -0.2) is 56.9 Å². The van der Waals surface area contributed by atoms with Crippen LogP contribution < -0.4 is 5.73 Å². The maximum absolute atomic E-state index is 11.1. The van der Waals surface area contributed by atoms with Crippen LogP contribution in [0.2, 0.25) is 0 Å². The van der Waals surface area contributed by atoms with Crippen molar-refractivity contribution in [3.63, 3.8) is 0 Å². The largest absolute Gasteiger partial charge is 0.468 e. The maximum atomic E-state index is 11.1. The number of esters is 1. The van der Waals surface area contributed by atoms with E-state index in [1.165, 1.54) is 7.11 Å². The molecule has 1 aliphatic rings. The van der Waals surface area contributed by atoms with Crippen molar-refractivity contribution in [2.45, 2.75) is 31.4 Å². The second-order valence-corrected chi connectivity index (χ2v) is 4.32. The quantitative estimate of drug-likeness (QED) is 0.650. The van der Waals surface area contributed by atoms with Crippen molar-refractivity contribution in [3.05, 3.63) is 0 Å². The predicted molar refractivity (Wildman–Crippen MR) is 61.1 cm³/mol. The van der Waals surface area contributed by atoms with E-state index in [0.29, 0.717) is 12.5 Å². The summed E-state index contributed by atoms with van der Waals surface area (Å²) in [5.74, 6) is -0.342. The summed E-state index contributed by atoms with van der Waals surface area (Å²) in [4.78, 5) is 13.2. The van der Waals surface area contributed by atoms with E-state index in [4.69, 9.17) is 10.5 Å². The molecule has 1 saturated heterocycles. The molecule has 16 heavy (non-hydrogen) atoms. The molecule has 1 aliphatic heterocycles. The Labute approximate surface area is 96.9 Å². The lowest BCUT2D eigenvalue weighted by atomic mass is 10.2. The smallest absolute Gasteiger partial charge is 0.322 e. The number of ether oxygens (including phenoxy) is 2. The highest BCUT2D eigenvalue weighted by Gasteiger charge is 2.19. The third kappa shape index (κ3) is 4.47. The lowest BCUT2D eigenvalue weighted by molar-refractivity contribution is -0.142. The van der Waals surface area contributed by atoms with Crippen LogP contribution in [0, 0.1) is 0 Å². The monoisotopic (exact) mass is 230 g/mol. The minimum atomic E-state index is -0.517. The number of carbonyl (C=O) groups excluding carboxylic acids is 1. The molecule has 5 heteroatoms. The molecule has 0 aromatic heterocycles. The van der Waals surface area contributed by atoms with E-state index in [1.807, 2.05) is 7.05 Å². The summed E-state index contributed by atoms with van der Waals surface area (Å²) in [6.45, 7) is 2.57. The molecule has 94 valence electrons. The second kappa shape index (κ2) is 6.83. The number of nitrogens with two attached hydrogens (primary N) is 1. The summed E-state index contributed by atoms with van der Waals surface area (Å²) in [5.41, 5.74) is 5.65. The Kier molecular flexibility index (Phi) is 5.73. The van der Waals surface area contributed by atoms with E-state index in [9.17, 15) is 4.79 Å². The van der Waals surface area contributed by atoms with E-state index < -0.39 is 6.04 Å². The van der Waals surface area contributed by atoms with Crippen LogP contribution in [0.3, 0.4) is 0 Å². The molecule has 2 N–H and O–H groups in total. The first-order valence-electron chi connectivity index (χ1n) is 5.77. The first-order chi connectivity index (χ1) is 7.63. The van der Waals surface area contributed by atoms with E-state index in [2.05, 4.69) is 9.64 Å². The topological polar surface area (TPSA) is 64.8 Å². The Hall–Kier alpha value is -0.650. The van der Waals surface area contributed by atoms with Crippen molar-refractivity contribution in [2.75, 3.05) is 33.9 Å². The van der Waals surface area contributed by atoms with Crippen molar-refractivity contribution in [1.82, 2.24) is 4.90 Å². The molecular formula is C11H22N2O3. The lowest BCUT2D eigenvalue weighted by Gasteiger charge is -2.21. The molecule has 0 radical (unpaired) electrons. The summed E-state index contributed by atoms with van der Waals surface area (Å²) in [6.07, 6.45) is 3.25. The van der Waals surface area contributed by atoms with Gasteiger partial charge in [0.25, 0.3) is 0 Å². The summed E-state index contributed by atoms with van der Waals surface area (Å²) < 4.78 is 10.1. The van der Waals surface area contributed by atoms with Gasteiger partial charge in [-0.15, -0.1) is 0 Å². The third-order valence-electron chi connectivity index (χ3n) is 2.87. The van der Waals surface area contributed by atoms with Crippen molar-refractivity contribution >= 4 is 5.97 Å². The van der Waals surface area contributed by atoms with Crippen LogP contribution in [0.4, 0.5) is 0 Å². The van der Waals surface area contributed by atoms with E-state index in [1.54, 1.807) is 0 Å². The lowest BCUT2D eigenvalue weighted by Crippen LogP contribution is -2.37. The summed E-state index contributed by atoms with van der Waals surface area (Å²) in [7, 11) is 3.38. The van der Waals surface area contributed by atoms with Gasteiger partial charge in [-0.05, 0) is 32.9 Å². The molecule has 1 heterocycles. The van der Waals surface area contributed by atoms with Gasteiger partial charge in [-0.1, -0.05) is 0 Å². The van der Waals surface area contributed by atoms with Crippen molar-refractivity contribution in [3.8, 4) is 0 Å². The van der Waals surface area contributed by atoms with Gasteiger partial charge in [0.05, 0.1) is 13.2 Å². The van der Waals surface area contributed by atoms with Gasteiger partial charge in [0.2, 0.25) is 0 Å². The minimum absolute atomic E-state index is 0.342. The molecule has 0 aromatic carbocycles. The van der Waals surface area contributed by atoms with Crippen LogP contribution in [0.5, 0.6) is 0 Å². The predicted octanol–water partition coefficient (Wildman–Crippen LogP) is -0.0124. The van der Waals surface area contributed by atoms with Crippen LogP contribution in [0.25, 0.3) is 0 Å². The average molecular weight is 230 g/mol. The van der Waals surface area contributed by atoms with Gasteiger partial charge in [0, 0.05) is 13.2 Å². The number of rotatable bonds is 6. The number of carbonyl (C=O) groups is 1. The molecule has 0 aromatic rings. The van der Waals surface area contributed by atoms with E-state index in [-0.39, 0.29) is 5.97 Å². The Bertz CT molecular complexity index is 217. The Balaban J connectivity index is 2.13. The van der Waals surface area contributed by atoms with Crippen molar-refractivity contribution in [1.29, 1.82) is 0 Å².